The Morgan fingerprint density at radius 3 is 2.33 bits per heavy atom. The number of hydrogen-bond donors (Lipinski definition) is 3. The Balaban J connectivity index is 0.00000289. The Kier molecular flexibility index (Phi) is 7.00. The van der Waals surface area contributed by atoms with Gasteiger partial charge in [-0.3, -0.25) is 9.59 Å². The molecule has 0 aliphatic rings. The highest BCUT2D eigenvalue weighted by atomic mass is 35.5. The fraction of sp³-hybridized carbons (Fsp3) is 0.333. The van der Waals surface area contributed by atoms with E-state index in [0.717, 1.165) is 11.1 Å². The van der Waals surface area contributed by atoms with Crippen LogP contribution in [-0.4, -0.2) is 18.4 Å². The molecular formula is C12H18ClN3O2. The normalized spacial score (nSPS) is 11.2. The number of nitrogens with two attached hydrogens (primary N) is 2. The summed E-state index contributed by atoms with van der Waals surface area (Å²) < 4.78 is 0. The minimum Gasteiger partial charge on any atom is -0.370 e. The topological polar surface area (TPSA) is 98.2 Å². The molecule has 0 radical (unpaired) electrons. The molecule has 0 aromatic heterocycles. The highest BCUT2D eigenvalue weighted by Crippen LogP contribution is 2.11. The summed E-state index contributed by atoms with van der Waals surface area (Å²) in [7, 11) is 0. The van der Waals surface area contributed by atoms with Gasteiger partial charge in [0.15, 0.2) is 0 Å². The number of halogens is 1. The van der Waals surface area contributed by atoms with Crippen molar-refractivity contribution in [2.45, 2.75) is 19.4 Å². The van der Waals surface area contributed by atoms with Crippen LogP contribution < -0.4 is 16.8 Å². The van der Waals surface area contributed by atoms with E-state index in [-0.39, 0.29) is 31.3 Å². The van der Waals surface area contributed by atoms with Crippen LogP contribution in [0.4, 0.5) is 0 Å². The van der Waals surface area contributed by atoms with E-state index in [4.69, 9.17) is 11.5 Å². The Morgan fingerprint density at radius 2 is 1.83 bits per heavy atom. The first-order valence-electron chi connectivity index (χ1n) is 5.39. The number of hydrogen-bond acceptors (Lipinski definition) is 3. The Bertz CT molecular complexity index is 406. The van der Waals surface area contributed by atoms with Gasteiger partial charge in [0.2, 0.25) is 11.8 Å². The number of primary amides is 1. The van der Waals surface area contributed by atoms with Crippen molar-refractivity contribution in [1.82, 2.24) is 5.32 Å². The number of aryl methyl sites for hydroxylation is 1. The standard InChI is InChI=1S/C12H17N3O2.ClH/c1-8-2-4-9(5-3-8)11(14)12(17)15-7-6-10(13)16;/h2-5,11H,6-7,14H2,1H3,(H2,13,16)(H,15,17);1H. The first kappa shape index (κ1) is 16.4. The van der Waals surface area contributed by atoms with Crippen LogP contribution in [0.3, 0.4) is 0 Å². The lowest BCUT2D eigenvalue weighted by Crippen LogP contribution is -2.35. The van der Waals surface area contributed by atoms with Crippen LogP contribution in [0.15, 0.2) is 24.3 Å². The van der Waals surface area contributed by atoms with Gasteiger partial charge >= 0.3 is 0 Å². The molecule has 6 heteroatoms. The molecule has 0 aliphatic carbocycles. The lowest BCUT2D eigenvalue weighted by molar-refractivity contribution is -0.122. The predicted octanol–water partition coefficient (Wildman–Crippen LogP) is 0.408. The van der Waals surface area contributed by atoms with Crippen LogP contribution in [0.2, 0.25) is 0 Å². The average Bonchev–Trinajstić information content (AvgIpc) is 2.28. The van der Waals surface area contributed by atoms with Crippen LogP contribution in [0.5, 0.6) is 0 Å². The number of benzene rings is 1. The van der Waals surface area contributed by atoms with E-state index in [1.165, 1.54) is 0 Å². The molecule has 0 aliphatic heterocycles. The van der Waals surface area contributed by atoms with E-state index in [2.05, 4.69) is 5.32 Å². The largest absolute Gasteiger partial charge is 0.370 e. The van der Waals surface area contributed by atoms with Crippen LogP contribution in [-0.2, 0) is 9.59 Å². The van der Waals surface area contributed by atoms with Gasteiger partial charge in [-0.25, -0.2) is 0 Å². The second-order valence-corrected chi connectivity index (χ2v) is 3.90. The molecule has 100 valence electrons. The van der Waals surface area contributed by atoms with Crippen molar-refractivity contribution < 1.29 is 9.59 Å². The first-order valence-corrected chi connectivity index (χ1v) is 5.39. The van der Waals surface area contributed by atoms with E-state index in [1.807, 2.05) is 31.2 Å². The fourth-order valence-electron chi connectivity index (χ4n) is 1.34. The second-order valence-electron chi connectivity index (χ2n) is 3.90. The smallest absolute Gasteiger partial charge is 0.241 e. The van der Waals surface area contributed by atoms with Crippen molar-refractivity contribution >= 4 is 24.2 Å². The summed E-state index contributed by atoms with van der Waals surface area (Å²) in [6.45, 7) is 2.18. The average molecular weight is 272 g/mol. The zero-order valence-corrected chi connectivity index (χ0v) is 11.0. The summed E-state index contributed by atoms with van der Waals surface area (Å²) in [6, 6.07) is 6.70. The van der Waals surface area contributed by atoms with Crippen molar-refractivity contribution in [1.29, 1.82) is 0 Å². The fourth-order valence-corrected chi connectivity index (χ4v) is 1.34. The Hall–Kier alpha value is -1.59. The number of nitrogens with one attached hydrogen (secondary N) is 1. The Morgan fingerprint density at radius 1 is 1.28 bits per heavy atom. The molecule has 0 heterocycles. The van der Waals surface area contributed by atoms with Gasteiger partial charge in [-0.15, -0.1) is 12.4 Å². The van der Waals surface area contributed by atoms with Crippen LogP contribution in [0.1, 0.15) is 23.6 Å². The van der Waals surface area contributed by atoms with Gasteiger partial charge in [0.25, 0.3) is 0 Å². The molecule has 0 saturated carbocycles. The summed E-state index contributed by atoms with van der Waals surface area (Å²) in [4.78, 5) is 22.1. The van der Waals surface area contributed by atoms with E-state index >= 15 is 0 Å². The third kappa shape index (κ3) is 5.16. The van der Waals surface area contributed by atoms with Crippen molar-refractivity contribution in [3.8, 4) is 0 Å². The van der Waals surface area contributed by atoms with Crippen molar-refractivity contribution in [2.75, 3.05) is 6.54 Å². The van der Waals surface area contributed by atoms with Gasteiger partial charge in [-0.1, -0.05) is 29.8 Å². The molecule has 18 heavy (non-hydrogen) atoms. The lowest BCUT2D eigenvalue weighted by atomic mass is 10.1. The first-order chi connectivity index (χ1) is 8.00. The second kappa shape index (κ2) is 7.68. The third-order valence-electron chi connectivity index (χ3n) is 2.39. The molecule has 1 aromatic rings. The molecule has 1 rings (SSSR count). The monoisotopic (exact) mass is 271 g/mol. The summed E-state index contributed by atoms with van der Waals surface area (Å²) in [5.74, 6) is -0.760. The third-order valence-corrected chi connectivity index (χ3v) is 2.39. The molecule has 5 N–H and O–H groups in total. The SMILES string of the molecule is Cc1ccc(C(N)C(=O)NCCC(N)=O)cc1.Cl. The van der Waals surface area contributed by atoms with Crippen molar-refractivity contribution in [3.63, 3.8) is 0 Å². The van der Waals surface area contributed by atoms with Gasteiger partial charge < -0.3 is 16.8 Å². The number of rotatable bonds is 5. The van der Waals surface area contributed by atoms with Gasteiger partial charge in [-0.2, -0.15) is 0 Å². The maximum atomic E-state index is 11.6. The molecule has 0 fully saturated rings. The van der Waals surface area contributed by atoms with Crippen LogP contribution in [0, 0.1) is 6.92 Å². The summed E-state index contributed by atoms with van der Waals surface area (Å²) >= 11 is 0. The van der Waals surface area contributed by atoms with E-state index in [1.54, 1.807) is 0 Å². The molecular weight excluding hydrogens is 254 g/mol. The van der Waals surface area contributed by atoms with Crippen molar-refractivity contribution in [3.05, 3.63) is 35.4 Å². The summed E-state index contributed by atoms with van der Waals surface area (Å²) in [6.07, 6.45) is 0.117. The van der Waals surface area contributed by atoms with Gasteiger partial charge in [0.05, 0.1) is 0 Å². The summed E-state index contributed by atoms with van der Waals surface area (Å²) in [5.41, 5.74) is 12.6. The molecule has 1 unspecified atom stereocenters. The Labute approximate surface area is 112 Å². The van der Waals surface area contributed by atoms with E-state index in [9.17, 15) is 9.59 Å². The minimum absolute atomic E-state index is 0. The highest BCUT2D eigenvalue weighted by molar-refractivity contribution is 5.85. The minimum atomic E-state index is -0.719. The molecule has 0 bridgehead atoms. The zero-order valence-electron chi connectivity index (χ0n) is 10.2. The van der Waals surface area contributed by atoms with Crippen molar-refractivity contribution in [2.24, 2.45) is 11.5 Å². The molecule has 5 nitrogen and oxygen atoms in total. The predicted molar refractivity (Wildman–Crippen MR) is 72.2 cm³/mol. The molecule has 1 aromatic carbocycles. The maximum absolute atomic E-state index is 11.6. The summed E-state index contributed by atoms with van der Waals surface area (Å²) in [5, 5.41) is 2.56. The lowest BCUT2D eigenvalue weighted by Gasteiger charge is -2.12. The molecule has 0 saturated heterocycles. The molecule has 0 spiro atoms. The van der Waals surface area contributed by atoms with Gasteiger partial charge in [0, 0.05) is 13.0 Å². The molecule has 2 amide bonds. The molecule has 1 atom stereocenters. The highest BCUT2D eigenvalue weighted by Gasteiger charge is 2.14. The van der Waals surface area contributed by atoms with Crippen LogP contribution in [0.25, 0.3) is 0 Å². The number of carbonyl (C=O) groups excluding carboxylic acids is 2. The maximum Gasteiger partial charge on any atom is 0.241 e. The van der Waals surface area contributed by atoms with E-state index < -0.39 is 11.9 Å². The van der Waals surface area contributed by atoms with Crippen LogP contribution >= 0.6 is 12.4 Å². The number of carbonyl (C=O) groups is 2. The van der Waals surface area contributed by atoms with Gasteiger partial charge in [0.1, 0.15) is 6.04 Å². The number of amides is 2. The van der Waals surface area contributed by atoms with Gasteiger partial charge in [-0.05, 0) is 12.5 Å². The zero-order chi connectivity index (χ0) is 12.8. The quantitative estimate of drug-likeness (QED) is 0.723. The van der Waals surface area contributed by atoms with E-state index in [0.29, 0.717) is 0 Å².